The smallest absolute Gasteiger partial charge is 0.191 e. The van der Waals surface area contributed by atoms with Crippen LogP contribution in [0.3, 0.4) is 0 Å². The fourth-order valence-electron chi connectivity index (χ4n) is 2.98. The van der Waals surface area contributed by atoms with E-state index in [-0.39, 0.29) is 24.0 Å². The van der Waals surface area contributed by atoms with Crippen molar-refractivity contribution >= 4 is 41.0 Å². The second kappa shape index (κ2) is 8.52. The summed E-state index contributed by atoms with van der Waals surface area (Å²) in [6.07, 6.45) is 0. The van der Waals surface area contributed by atoms with Crippen molar-refractivity contribution in [2.75, 3.05) is 7.05 Å². The number of benzene rings is 1. The molecule has 0 saturated heterocycles. The van der Waals surface area contributed by atoms with Crippen LogP contribution >= 0.6 is 24.0 Å². The van der Waals surface area contributed by atoms with E-state index in [2.05, 4.69) is 43.3 Å². The predicted octanol–water partition coefficient (Wildman–Crippen LogP) is 2.41. The minimum atomic E-state index is 0. The highest BCUT2D eigenvalue weighted by molar-refractivity contribution is 14.0. The fourth-order valence-corrected chi connectivity index (χ4v) is 2.98. The number of rotatable bonds is 4. The molecule has 2 aromatic heterocycles. The molecule has 0 aliphatic rings. The Labute approximate surface area is 170 Å². The summed E-state index contributed by atoms with van der Waals surface area (Å²) < 4.78 is 4.01. The van der Waals surface area contributed by atoms with Crippen molar-refractivity contribution < 1.29 is 0 Å². The first-order chi connectivity index (χ1) is 12.0. The molecule has 2 heterocycles. The van der Waals surface area contributed by atoms with E-state index in [9.17, 15) is 0 Å². The maximum atomic E-state index is 4.67. The van der Waals surface area contributed by atoms with Crippen LogP contribution in [0.25, 0.3) is 11.0 Å². The van der Waals surface area contributed by atoms with Crippen LogP contribution in [-0.4, -0.2) is 32.3 Å². The normalized spacial score (nSPS) is 11.5. The van der Waals surface area contributed by atoms with Gasteiger partial charge >= 0.3 is 0 Å². The molecule has 0 unspecified atom stereocenters. The number of fused-ring (bicyclic) bond motifs is 1. The second-order valence-electron chi connectivity index (χ2n) is 6.13. The summed E-state index contributed by atoms with van der Waals surface area (Å²) in [7, 11) is 5.77. The third-order valence-corrected chi connectivity index (χ3v) is 4.61. The third-order valence-electron chi connectivity index (χ3n) is 4.61. The van der Waals surface area contributed by atoms with E-state index in [4.69, 9.17) is 0 Å². The van der Waals surface area contributed by atoms with Gasteiger partial charge in [0, 0.05) is 38.9 Å². The number of halogens is 1. The molecular formula is C18H26IN7. The summed E-state index contributed by atoms with van der Waals surface area (Å²) in [4.78, 5) is 8.97. The third kappa shape index (κ3) is 4.00. The van der Waals surface area contributed by atoms with Gasteiger partial charge in [-0.2, -0.15) is 5.10 Å². The molecule has 0 atom stereocenters. The van der Waals surface area contributed by atoms with Gasteiger partial charge in [0.1, 0.15) is 5.82 Å². The van der Waals surface area contributed by atoms with E-state index in [0.29, 0.717) is 13.1 Å². The Morgan fingerprint density at radius 1 is 1.12 bits per heavy atom. The average molecular weight is 467 g/mol. The van der Waals surface area contributed by atoms with Crippen LogP contribution in [0, 0.1) is 13.8 Å². The first-order valence-corrected chi connectivity index (χ1v) is 8.35. The van der Waals surface area contributed by atoms with Gasteiger partial charge in [-0.25, -0.2) is 4.98 Å². The van der Waals surface area contributed by atoms with Gasteiger partial charge in [-0.1, -0.05) is 12.1 Å². The highest BCUT2D eigenvalue weighted by Crippen LogP contribution is 2.14. The van der Waals surface area contributed by atoms with Crippen molar-refractivity contribution in [3.05, 3.63) is 47.0 Å². The number of nitrogens with one attached hydrogen (secondary N) is 2. The van der Waals surface area contributed by atoms with Crippen LogP contribution in [-0.2, 0) is 27.2 Å². The SMILES string of the molecule is CN=C(NCc1c(C)nn(C)c1C)NCc1nc2ccccc2n1C.I. The molecule has 0 spiro atoms. The largest absolute Gasteiger partial charge is 0.352 e. The van der Waals surface area contributed by atoms with Gasteiger partial charge in [0.15, 0.2) is 5.96 Å². The molecule has 0 amide bonds. The highest BCUT2D eigenvalue weighted by atomic mass is 127. The summed E-state index contributed by atoms with van der Waals surface area (Å²) in [5, 5.41) is 11.1. The Balaban J connectivity index is 0.00000243. The molecule has 2 N–H and O–H groups in total. The van der Waals surface area contributed by atoms with Gasteiger partial charge in [-0.15, -0.1) is 24.0 Å². The molecular weight excluding hydrogens is 441 g/mol. The first kappa shape index (κ1) is 20.2. The van der Waals surface area contributed by atoms with E-state index in [1.807, 2.05) is 43.9 Å². The van der Waals surface area contributed by atoms with Crippen LogP contribution < -0.4 is 10.6 Å². The van der Waals surface area contributed by atoms with E-state index in [1.54, 1.807) is 7.05 Å². The molecule has 140 valence electrons. The molecule has 0 saturated carbocycles. The number of imidazole rings is 1. The Bertz CT molecular complexity index is 923. The standard InChI is InChI=1S/C18H25N7.HI/c1-12-14(13(2)25(5)23-12)10-20-18(19-3)21-11-17-22-15-8-6-7-9-16(15)24(17)4;/h6-9H,10-11H2,1-5H3,(H2,19,20,21);1H. The van der Waals surface area contributed by atoms with Crippen molar-refractivity contribution in [1.82, 2.24) is 30.0 Å². The number of aromatic nitrogens is 4. The number of aliphatic imine (C=N–C) groups is 1. The Kier molecular flexibility index (Phi) is 6.63. The molecule has 3 aromatic rings. The van der Waals surface area contributed by atoms with Gasteiger partial charge in [0.25, 0.3) is 0 Å². The van der Waals surface area contributed by atoms with E-state index in [0.717, 1.165) is 34.2 Å². The monoisotopic (exact) mass is 467 g/mol. The topological polar surface area (TPSA) is 72.1 Å². The molecule has 0 aliphatic heterocycles. The van der Waals surface area contributed by atoms with Crippen molar-refractivity contribution in [1.29, 1.82) is 0 Å². The Morgan fingerprint density at radius 2 is 1.81 bits per heavy atom. The average Bonchev–Trinajstić information content (AvgIpc) is 3.05. The fraction of sp³-hybridized carbons (Fsp3) is 0.389. The molecule has 3 rings (SSSR count). The zero-order valence-electron chi connectivity index (χ0n) is 15.9. The lowest BCUT2D eigenvalue weighted by atomic mass is 10.2. The van der Waals surface area contributed by atoms with Crippen LogP contribution in [0.2, 0.25) is 0 Å². The highest BCUT2D eigenvalue weighted by Gasteiger charge is 2.11. The Morgan fingerprint density at radius 3 is 2.42 bits per heavy atom. The second-order valence-corrected chi connectivity index (χ2v) is 6.13. The van der Waals surface area contributed by atoms with Gasteiger partial charge in [0.05, 0.1) is 23.3 Å². The van der Waals surface area contributed by atoms with Crippen molar-refractivity contribution in [2.45, 2.75) is 26.9 Å². The van der Waals surface area contributed by atoms with Crippen LogP contribution in [0.5, 0.6) is 0 Å². The first-order valence-electron chi connectivity index (χ1n) is 8.35. The summed E-state index contributed by atoms with van der Waals surface area (Å²) in [6.45, 7) is 5.40. The summed E-state index contributed by atoms with van der Waals surface area (Å²) >= 11 is 0. The zero-order valence-corrected chi connectivity index (χ0v) is 18.2. The molecule has 0 radical (unpaired) electrons. The van der Waals surface area contributed by atoms with Gasteiger partial charge in [-0.3, -0.25) is 9.67 Å². The Hall–Kier alpha value is -2.10. The number of aryl methyl sites for hydroxylation is 3. The van der Waals surface area contributed by atoms with Gasteiger partial charge in [-0.05, 0) is 26.0 Å². The molecule has 26 heavy (non-hydrogen) atoms. The van der Waals surface area contributed by atoms with Crippen molar-refractivity contribution in [3.8, 4) is 0 Å². The van der Waals surface area contributed by atoms with E-state index in [1.165, 1.54) is 5.56 Å². The lowest BCUT2D eigenvalue weighted by Gasteiger charge is -2.12. The van der Waals surface area contributed by atoms with Crippen molar-refractivity contribution in [2.24, 2.45) is 19.1 Å². The van der Waals surface area contributed by atoms with Gasteiger partial charge in [0.2, 0.25) is 0 Å². The molecule has 0 aliphatic carbocycles. The van der Waals surface area contributed by atoms with Gasteiger partial charge < -0.3 is 15.2 Å². The summed E-state index contributed by atoms with van der Waals surface area (Å²) in [6, 6.07) is 8.14. The van der Waals surface area contributed by atoms with E-state index >= 15 is 0 Å². The number of hydrogen-bond donors (Lipinski definition) is 2. The number of guanidine groups is 1. The van der Waals surface area contributed by atoms with Crippen LogP contribution in [0.1, 0.15) is 22.8 Å². The summed E-state index contributed by atoms with van der Waals surface area (Å²) in [5.74, 6) is 1.72. The maximum absolute atomic E-state index is 4.67. The minimum Gasteiger partial charge on any atom is -0.352 e. The minimum absolute atomic E-state index is 0. The van der Waals surface area contributed by atoms with Crippen LogP contribution in [0.15, 0.2) is 29.3 Å². The number of hydrogen-bond acceptors (Lipinski definition) is 3. The quantitative estimate of drug-likeness (QED) is 0.351. The number of nitrogens with zero attached hydrogens (tertiary/aromatic N) is 5. The lowest BCUT2D eigenvalue weighted by Crippen LogP contribution is -2.37. The molecule has 0 fully saturated rings. The van der Waals surface area contributed by atoms with Crippen molar-refractivity contribution in [3.63, 3.8) is 0 Å². The maximum Gasteiger partial charge on any atom is 0.191 e. The molecule has 0 bridgehead atoms. The molecule has 1 aromatic carbocycles. The van der Waals surface area contributed by atoms with E-state index < -0.39 is 0 Å². The molecule has 8 heteroatoms. The number of para-hydroxylation sites is 2. The zero-order chi connectivity index (χ0) is 18.0. The van der Waals surface area contributed by atoms with Crippen LogP contribution in [0.4, 0.5) is 0 Å². The predicted molar refractivity (Wildman–Crippen MR) is 116 cm³/mol. The lowest BCUT2D eigenvalue weighted by molar-refractivity contribution is 0.725. The molecule has 7 nitrogen and oxygen atoms in total. The summed E-state index contributed by atoms with van der Waals surface area (Å²) in [5.41, 5.74) is 5.54.